The molecule has 98 heavy (non-hydrogen) atoms. The first-order chi connectivity index (χ1) is 47.7. The normalized spacial score (nSPS) is 14.3. The fraction of sp³-hybridized carbons (Fsp3) is 0.797. The van der Waals surface area contributed by atoms with Gasteiger partial charge >= 0.3 is 39.5 Å². The van der Waals surface area contributed by atoms with Crippen molar-refractivity contribution in [1.29, 1.82) is 0 Å². The Morgan fingerprint density at radius 1 is 0.296 bits per heavy atom. The number of carbonyl (C=O) groups is 4. The van der Waals surface area contributed by atoms with Gasteiger partial charge in [-0.2, -0.15) is 0 Å². The first-order valence-electron chi connectivity index (χ1n) is 39.2. The van der Waals surface area contributed by atoms with E-state index in [4.69, 9.17) is 37.0 Å². The fourth-order valence-corrected chi connectivity index (χ4v) is 12.2. The van der Waals surface area contributed by atoms with Crippen molar-refractivity contribution in [3.63, 3.8) is 0 Å². The van der Waals surface area contributed by atoms with Gasteiger partial charge in [-0.05, 0) is 116 Å². The molecule has 19 heteroatoms. The number of phosphoric acid groups is 2. The van der Waals surface area contributed by atoms with Crippen LogP contribution < -0.4 is 0 Å². The zero-order chi connectivity index (χ0) is 71.8. The number of phosphoric ester groups is 2. The smallest absolute Gasteiger partial charge is 0.462 e. The van der Waals surface area contributed by atoms with Gasteiger partial charge in [-0.25, -0.2) is 9.13 Å². The molecule has 0 amide bonds. The third kappa shape index (κ3) is 70.9. The SMILES string of the molecule is CCCCC/C=C\C/C=C\CCCCCCCC(=O)OC[C@H](COP(=O)(O)OC[C@H](O)COP(=O)(O)OC[C@@H](COC(=O)CCCCCCCCCCCCCCC)OC(=O)CCCCCCC/C=C\C/C=C\CCCCC)OC(=O)CCCCCCC/C=C\C=C/CCCCCC. The Bertz CT molecular complexity index is 2140. The highest BCUT2D eigenvalue weighted by Gasteiger charge is 2.30. The van der Waals surface area contributed by atoms with Crippen LogP contribution >= 0.6 is 15.6 Å². The largest absolute Gasteiger partial charge is 0.472 e. The summed E-state index contributed by atoms with van der Waals surface area (Å²) < 4.78 is 68.5. The molecule has 570 valence electrons. The third-order valence-electron chi connectivity index (χ3n) is 16.7. The molecular weight excluding hydrogens is 1280 g/mol. The quantitative estimate of drug-likeness (QED) is 0.0128. The van der Waals surface area contributed by atoms with E-state index in [1.807, 2.05) is 0 Å². The van der Waals surface area contributed by atoms with Crippen molar-refractivity contribution in [2.75, 3.05) is 39.6 Å². The lowest BCUT2D eigenvalue weighted by Crippen LogP contribution is -2.30. The molecule has 0 aromatic heterocycles. The van der Waals surface area contributed by atoms with E-state index in [2.05, 4.69) is 101 Å². The number of ether oxygens (including phenoxy) is 4. The minimum absolute atomic E-state index is 0.0765. The third-order valence-corrected chi connectivity index (χ3v) is 18.6. The Hall–Kier alpha value is -3.50. The molecule has 0 spiro atoms. The van der Waals surface area contributed by atoms with Crippen LogP contribution in [0.3, 0.4) is 0 Å². The molecule has 0 saturated carbocycles. The highest BCUT2D eigenvalue weighted by atomic mass is 31.2. The van der Waals surface area contributed by atoms with Gasteiger partial charge in [0.25, 0.3) is 0 Å². The van der Waals surface area contributed by atoms with Gasteiger partial charge in [0, 0.05) is 25.7 Å². The van der Waals surface area contributed by atoms with Gasteiger partial charge in [0.2, 0.25) is 0 Å². The van der Waals surface area contributed by atoms with Crippen LogP contribution in [0.1, 0.15) is 349 Å². The lowest BCUT2D eigenvalue weighted by Gasteiger charge is -2.21. The van der Waals surface area contributed by atoms with Crippen molar-refractivity contribution >= 4 is 39.5 Å². The molecular formula is C79H142O17P2. The van der Waals surface area contributed by atoms with Crippen molar-refractivity contribution in [3.05, 3.63) is 72.9 Å². The Labute approximate surface area is 596 Å². The number of aliphatic hydroxyl groups excluding tert-OH is 1. The van der Waals surface area contributed by atoms with E-state index in [0.717, 1.165) is 148 Å². The zero-order valence-corrected chi connectivity index (χ0v) is 64.0. The Morgan fingerprint density at radius 3 is 0.847 bits per heavy atom. The molecule has 0 aliphatic heterocycles. The summed E-state index contributed by atoms with van der Waals surface area (Å²) in [6.45, 7) is 4.80. The first kappa shape index (κ1) is 94.5. The van der Waals surface area contributed by atoms with E-state index in [0.29, 0.717) is 25.7 Å². The maximum absolute atomic E-state index is 13.1. The number of rotatable bonds is 74. The average Bonchev–Trinajstić information content (AvgIpc) is 1.04. The fourth-order valence-electron chi connectivity index (χ4n) is 10.6. The van der Waals surface area contributed by atoms with E-state index in [9.17, 15) is 43.2 Å². The molecule has 0 heterocycles. The maximum atomic E-state index is 13.1. The topological polar surface area (TPSA) is 237 Å². The van der Waals surface area contributed by atoms with E-state index >= 15 is 0 Å². The molecule has 0 radical (unpaired) electrons. The van der Waals surface area contributed by atoms with E-state index in [1.165, 1.54) is 122 Å². The minimum atomic E-state index is -4.98. The standard InChI is InChI=1S/C79H142O17P2/c1-5-9-13-17-21-25-29-33-36-40-44-48-52-56-60-64-77(82)90-70-75(96-79(84)66-62-58-54-50-46-42-38-35-31-27-23-19-15-11-7-3)72-94-98(87,88)92-68-73(80)67-91-97(85,86)93-71-74(69-89-76(81)63-59-55-51-47-43-39-32-28-24-20-16-12-8-4)95-78(83)65-61-57-53-49-45-41-37-34-30-26-22-18-14-10-6-2/h21-22,25-27,31,33-38,73-75,80H,5-20,23-24,28-30,32,39-72H2,1-4H3,(H,85,86)(H,87,88)/b25-21-,26-22-,31-27-,36-33-,37-34-,38-35-/t73-,74-,75-/m1/s1. The average molecular weight is 1430 g/mol. The van der Waals surface area contributed by atoms with Crippen molar-refractivity contribution in [3.8, 4) is 0 Å². The Morgan fingerprint density at radius 2 is 0.531 bits per heavy atom. The summed E-state index contributed by atoms with van der Waals surface area (Å²) in [4.78, 5) is 72.9. The molecule has 0 aliphatic carbocycles. The number of hydrogen-bond donors (Lipinski definition) is 3. The monoisotopic (exact) mass is 1420 g/mol. The number of hydrogen-bond acceptors (Lipinski definition) is 15. The lowest BCUT2D eigenvalue weighted by atomic mass is 10.0. The second kappa shape index (κ2) is 71.9. The molecule has 0 fully saturated rings. The van der Waals surface area contributed by atoms with Gasteiger partial charge in [-0.3, -0.25) is 37.3 Å². The highest BCUT2D eigenvalue weighted by molar-refractivity contribution is 7.47. The second-order valence-corrected chi connectivity index (χ2v) is 29.2. The number of allylic oxidation sites excluding steroid dienone is 12. The van der Waals surface area contributed by atoms with E-state index < -0.39 is 97.5 Å². The van der Waals surface area contributed by atoms with Crippen molar-refractivity contribution in [2.24, 2.45) is 0 Å². The van der Waals surface area contributed by atoms with E-state index in [-0.39, 0.29) is 25.7 Å². The van der Waals surface area contributed by atoms with Gasteiger partial charge < -0.3 is 33.8 Å². The van der Waals surface area contributed by atoms with Crippen molar-refractivity contribution < 1.29 is 80.2 Å². The Kier molecular flexibility index (Phi) is 69.3. The van der Waals surface area contributed by atoms with Crippen molar-refractivity contribution in [1.82, 2.24) is 0 Å². The van der Waals surface area contributed by atoms with Crippen LogP contribution in [0.15, 0.2) is 72.9 Å². The van der Waals surface area contributed by atoms with E-state index in [1.54, 1.807) is 0 Å². The zero-order valence-electron chi connectivity index (χ0n) is 62.2. The van der Waals surface area contributed by atoms with Crippen molar-refractivity contribution in [2.45, 2.75) is 367 Å². The van der Waals surface area contributed by atoms with Crippen LogP contribution in [-0.4, -0.2) is 96.7 Å². The number of aliphatic hydroxyl groups is 1. The highest BCUT2D eigenvalue weighted by Crippen LogP contribution is 2.45. The summed E-state index contributed by atoms with van der Waals surface area (Å²) in [6.07, 6.45) is 71.6. The summed E-state index contributed by atoms with van der Waals surface area (Å²) in [5.74, 6) is -2.20. The predicted molar refractivity (Wildman–Crippen MR) is 400 cm³/mol. The summed E-state index contributed by atoms with van der Waals surface area (Å²) >= 11 is 0. The second-order valence-electron chi connectivity index (χ2n) is 26.3. The minimum Gasteiger partial charge on any atom is -0.462 e. The van der Waals surface area contributed by atoms with Crippen LogP contribution in [0.5, 0.6) is 0 Å². The first-order valence-corrected chi connectivity index (χ1v) is 42.2. The molecule has 0 aromatic rings. The number of unbranched alkanes of at least 4 members (excludes halogenated alkanes) is 37. The molecule has 0 aromatic carbocycles. The summed E-state index contributed by atoms with van der Waals surface area (Å²) in [5.41, 5.74) is 0. The van der Waals surface area contributed by atoms with Gasteiger partial charge in [0.05, 0.1) is 26.4 Å². The molecule has 0 saturated heterocycles. The Balaban J connectivity index is 5.37. The number of carbonyl (C=O) groups excluding carboxylic acids is 4. The predicted octanol–water partition coefficient (Wildman–Crippen LogP) is 22.4. The molecule has 17 nitrogen and oxygen atoms in total. The molecule has 0 aliphatic rings. The van der Waals surface area contributed by atoms with Crippen LogP contribution in [0, 0.1) is 0 Å². The number of esters is 4. The molecule has 0 bridgehead atoms. The van der Waals surface area contributed by atoms with Gasteiger partial charge in [0.15, 0.2) is 12.2 Å². The summed E-state index contributed by atoms with van der Waals surface area (Å²) in [5, 5.41) is 10.6. The van der Waals surface area contributed by atoms with Gasteiger partial charge in [0.1, 0.15) is 19.3 Å². The summed E-state index contributed by atoms with van der Waals surface area (Å²) in [7, 11) is -9.95. The maximum Gasteiger partial charge on any atom is 0.472 e. The van der Waals surface area contributed by atoms with Crippen LogP contribution in [0.2, 0.25) is 0 Å². The van der Waals surface area contributed by atoms with Crippen LogP contribution in [0.4, 0.5) is 0 Å². The van der Waals surface area contributed by atoms with Crippen LogP contribution in [-0.2, 0) is 65.4 Å². The molecule has 5 atom stereocenters. The molecule has 0 rings (SSSR count). The lowest BCUT2D eigenvalue weighted by molar-refractivity contribution is -0.161. The van der Waals surface area contributed by atoms with Gasteiger partial charge in [-0.15, -0.1) is 0 Å². The molecule has 3 N–H and O–H groups in total. The van der Waals surface area contributed by atoms with Gasteiger partial charge in [-0.1, -0.05) is 280 Å². The van der Waals surface area contributed by atoms with Crippen LogP contribution in [0.25, 0.3) is 0 Å². The summed E-state index contributed by atoms with van der Waals surface area (Å²) in [6, 6.07) is 0. The molecule has 2 unspecified atom stereocenters.